The van der Waals surface area contributed by atoms with E-state index in [0.717, 1.165) is 11.1 Å². The molecule has 31 heavy (non-hydrogen) atoms. The third kappa shape index (κ3) is 3.16. The van der Waals surface area contributed by atoms with Gasteiger partial charge in [-0.1, -0.05) is 30.3 Å². The first-order valence-electron chi connectivity index (χ1n) is 9.78. The Balaban J connectivity index is 1.44. The van der Waals surface area contributed by atoms with Crippen LogP contribution in [0.3, 0.4) is 0 Å². The topological polar surface area (TPSA) is 104 Å². The first kappa shape index (κ1) is 19.3. The van der Waals surface area contributed by atoms with Crippen molar-refractivity contribution in [2.75, 3.05) is 21.9 Å². The summed E-state index contributed by atoms with van der Waals surface area (Å²) in [6.45, 7) is 0.355. The van der Waals surface area contributed by atoms with Crippen molar-refractivity contribution in [2.45, 2.75) is 6.42 Å². The van der Waals surface area contributed by atoms with Gasteiger partial charge in [-0.05, 0) is 47.9 Å². The van der Waals surface area contributed by atoms with Crippen LogP contribution in [-0.2, 0) is 10.0 Å². The number of hydrogen-bond donors (Lipinski definition) is 2. The van der Waals surface area contributed by atoms with E-state index >= 15 is 0 Å². The normalized spacial score (nSPS) is 16.1. The molecule has 0 radical (unpaired) electrons. The molecule has 3 aromatic carbocycles. The van der Waals surface area contributed by atoms with Gasteiger partial charge in [0.05, 0.1) is 17.1 Å². The summed E-state index contributed by atoms with van der Waals surface area (Å²) in [6, 6.07) is 16.5. The standard InChI is InChI=1S/C23H18N2O5S/c26-21-9-7-15(25-10-3-11-31(25,29)30)13-20(21)24-23(28)14-6-8-17-16-4-1-2-5-18(16)22(27)19(17)12-14/h1-2,4-9,12-13,26H,3,10-11H2,(H,24,28). The summed E-state index contributed by atoms with van der Waals surface area (Å²) in [7, 11) is -3.39. The van der Waals surface area contributed by atoms with E-state index in [4.69, 9.17) is 0 Å². The van der Waals surface area contributed by atoms with Crippen molar-refractivity contribution in [1.29, 1.82) is 0 Å². The number of sulfonamides is 1. The maximum atomic E-state index is 12.8. The molecule has 8 heteroatoms. The molecule has 1 saturated heterocycles. The van der Waals surface area contributed by atoms with E-state index in [-0.39, 0.29) is 28.5 Å². The minimum atomic E-state index is -3.39. The summed E-state index contributed by atoms with van der Waals surface area (Å²) in [5.41, 5.74) is 3.42. The van der Waals surface area contributed by atoms with Crippen molar-refractivity contribution in [1.82, 2.24) is 0 Å². The lowest BCUT2D eigenvalue weighted by atomic mass is 10.0. The van der Waals surface area contributed by atoms with E-state index in [0.29, 0.717) is 29.8 Å². The molecule has 5 rings (SSSR count). The third-order valence-electron chi connectivity index (χ3n) is 5.60. The van der Waals surface area contributed by atoms with Crippen molar-refractivity contribution in [3.63, 3.8) is 0 Å². The average Bonchev–Trinajstić information content (AvgIpc) is 3.26. The van der Waals surface area contributed by atoms with Crippen molar-refractivity contribution < 1.29 is 23.1 Å². The Morgan fingerprint density at radius 3 is 2.42 bits per heavy atom. The predicted molar refractivity (Wildman–Crippen MR) is 117 cm³/mol. The van der Waals surface area contributed by atoms with E-state index in [2.05, 4.69) is 5.32 Å². The molecule has 1 heterocycles. The van der Waals surface area contributed by atoms with Gasteiger partial charge in [-0.2, -0.15) is 0 Å². The Kier molecular flexibility index (Phi) is 4.33. The van der Waals surface area contributed by atoms with E-state index in [1.807, 2.05) is 12.1 Å². The fourth-order valence-electron chi connectivity index (χ4n) is 4.07. The van der Waals surface area contributed by atoms with Crippen LogP contribution in [0.5, 0.6) is 5.75 Å². The van der Waals surface area contributed by atoms with Gasteiger partial charge in [0.2, 0.25) is 10.0 Å². The fraction of sp³-hybridized carbons (Fsp3) is 0.130. The maximum Gasteiger partial charge on any atom is 0.255 e. The van der Waals surface area contributed by atoms with Gasteiger partial charge in [0, 0.05) is 23.2 Å². The Labute approximate surface area is 179 Å². The van der Waals surface area contributed by atoms with Gasteiger partial charge in [-0.25, -0.2) is 8.42 Å². The SMILES string of the molecule is O=C(Nc1cc(N2CCCS2(=O)=O)ccc1O)c1ccc2c(c1)C(=O)c1ccccc1-2. The van der Waals surface area contributed by atoms with Crippen LogP contribution in [0.1, 0.15) is 32.7 Å². The van der Waals surface area contributed by atoms with Crippen molar-refractivity contribution in [3.8, 4) is 16.9 Å². The lowest BCUT2D eigenvalue weighted by Gasteiger charge is -2.18. The highest BCUT2D eigenvalue weighted by atomic mass is 32.2. The van der Waals surface area contributed by atoms with Gasteiger partial charge >= 0.3 is 0 Å². The van der Waals surface area contributed by atoms with Gasteiger partial charge in [0.1, 0.15) is 5.75 Å². The second-order valence-corrected chi connectivity index (χ2v) is 9.55. The molecule has 1 amide bonds. The van der Waals surface area contributed by atoms with Crippen LogP contribution in [0.15, 0.2) is 60.7 Å². The van der Waals surface area contributed by atoms with Gasteiger partial charge in [-0.15, -0.1) is 0 Å². The number of rotatable bonds is 3. The van der Waals surface area contributed by atoms with Crippen molar-refractivity contribution in [3.05, 3.63) is 77.4 Å². The van der Waals surface area contributed by atoms with E-state index < -0.39 is 15.9 Å². The molecule has 1 aliphatic heterocycles. The number of hydrogen-bond acceptors (Lipinski definition) is 5. The van der Waals surface area contributed by atoms with E-state index in [1.165, 1.54) is 22.5 Å². The number of carbonyl (C=O) groups is 2. The number of aromatic hydroxyl groups is 1. The minimum absolute atomic E-state index is 0.0705. The van der Waals surface area contributed by atoms with Gasteiger partial charge in [0.25, 0.3) is 5.91 Å². The molecule has 0 unspecified atom stereocenters. The summed E-state index contributed by atoms with van der Waals surface area (Å²) in [4.78, 5) is 25.5. The number of ketones is 1. The summed E-state index contributed by atoms with van der Waals surface area (Å²) in [5.74, 6) is -0.757. The third-order valence-corrected chi connectivity index (χ3v) is 7.47. The summed E-state index contributed by atoms with van der Waals surface area (Å²) >= 11 is 0. The second kappa shape index (κ2) is 6.95. The molecular formula is C23H18N2O5S. The molecule has 7 nitrogen and oxygen atoms in total. The largest absolute Gasteiger partial charge is 0.506 e. The molecule has 0 saturated carbocycles. The number of anilines is 2. The molecule has 0 atom stereocenters. The molecule has 156 valence electrons. The van der Waals surface area contributed by atoms with Crippen LogP contribution in [0.25, 0.3) is 11.1 Å². The van der Waals surface area contributed by atoms with E-state index in [1.54, 1.807) is 30.3 Å². The maximum absolute atomic E-state index is 12.8. The lowest BCUT2D eigenvalue weighted by Crippen LogP contribution is -2.25. The molecule has 0 bridgehead atoms. The summed E-state index contributed by atoms with van der Waals surface area (Å²) in [5, 5.41) is 12.8. The summed E-state index contributed by atoms with van der Waals surface area (Å²) in [6.07, 6.45) is 0.524. The highest BCUT2D eigenvalue weighted by Gasteiger charge is 2.29. The molecule has 2 aliphatic rings. The van der Waals surface area contributed by atoms with Crippen LogP contribution in [0, 0.1) is 0 Å². The van der Waals surface area contributed by atoms with Gasteiger partial charge < -0.3 is 10.4 Å². The number of phenolic OH excluding ortho intramolecular Hbond substituents is 1. The predicted octanol–water partition coefficient (Wildman–Crippen LogP) is 3.40. The number of nitrogens with zero attached hydrogens (tertiary/aromatic N) is 1. The second-order valence-electron chi connectivity index (χ2n) is 7.53. The Morgan fingerprint density at radius 1 is 0.935 bits per heavy atom. The van der Waals surface area contributed by atoms with Gasteiger partial charge in [0.15, 0.2) is 5.78 Å². The fourth-order valence-corrected chi connectivity index (χ4v) is 5.63. The molecular weight excluding hydrogens is 416 g/mol. The highest BCUT2D eigenvalue weighted by Crippen LogP contribution is 2.37. The monoisotopic (exact) mass is 434 g/mol. The van der Waals surface area contributed by atoms with Crippen LogP contribution in [0.2, 0.25) is 0 Å². The number of benzene rings is 3. The average molecular weight is 434 g/mol. The first-order chi connectivity index (χ1) is 14.8. The number of fused-ring (bicyclic) bond motifs is 3. The van der Waals surface area contributed by atoms with Gasteiger partial charge in [-0.3, -0.25) is 13.9 Å². The zero-order valence-electron chi connectivity index (χ0n) is 16.3. The Bertz CT molecular complexity index is 1360. The number of nitrogens with one attached hydrogen (secondary N) is 1. The molecule has 1 aliphatic carbocycles. The van der Waals surface area contributed by atoms with Crippen molar-refractivity contribution in [2.24, 2.45) is 0 Å². The zero-order valence-corrected chi connectivity index (χ0v) is 17.1. The molecule has 1 fully saturated rings. The minimum Gasteiger partial charge on any atom is -0.506 e. The Hall–Kier alpha value is -3.65. The molecule has 3 aromatic rings. The Morgan fingerprint density at radius 2 is 1.68 bits per heavy atom. The molecule has 0 aromatic heterocycles. The highest BCUT2D eigenvalue weighted by molar-refractivity contribution is 7.93. The first-order valence-corrected chi connectivity index (χ1v) is 11.4. The zero-order chi connectivity index (χ0) is 21.8. The molecule has 0 spiro atoms. The molecule has 2 N–H and O–H groups in total. The quantitative estimate of drug-likeness (QED) is 0.481. The van der Waals surface area contributed by atoms with Crippen LogP contribution < -0.4 is 9.62 Å². The van der Waals surface area contributed by atoms with Crippen LogP contribution >= 0.6 is 0 Å². The number of carbonyl (C=O) groups excluding carboxylic acids is 2. The lowest BCUT2D eigenvalue weighted by molar-refractivity contribution is 0.102. The summed E-state index contributed by atoms with van der Waals surface area (Å²) < 4.78 is 25.6. The van der Waals surface area contributed by atoms with E-state index in [9.17, 15) is 23.1 Å². The number of amides is 1. The van der Waals surface area contributed by atoms with Crippen LogP contribution in [0.4, 0.5) is 11.4 Å². The van der Waals surface area contributed by atoms with Crippen molar-refractivity contribution >= 4 is 33.1 Å². The number of phenols is 1. The van der Waals surface area contributed by atoms with Crippen LogP contribution in [-0.4, -0.2) is 37.5 Å². The smallest absolute Gasteiger partial charge is 0.255 e.